The molecule has 0 N–H and O–H groups in total. The highest BCUT2D eigenvalue weighted by Crippen LogP contribution is 2.50. The Labute approximate surface area is 333 Å². The van der Waals surface area contributed by atoms with Crippen molar-refractivity contribution in [3.8, 4) is 35.4 Å². The molecule has 4 fully saturated rings. The summed E-state index contributed by atoms with van der Waals surface area (Å²) in [5.74, 6) is -0.807. The van der Waals surface area contributed by atoms with E-state index in [1.807, 2.05) is 6.08 Å². The smallest absolute Gasteiger partial charge is 0.413 e. The van der Waals surface area contributed by atoms with Gasteiger partial charge in [0.15, 0.2) is 12.6 Å². The van der Waals surface area contributed by atoms with Gasteiger partial charge in [0.25, 0.3) is 0 Å². The minimum atomic E-state index is -2.14. The van der Waals surface area contributed by atoms with Crippen LogP contribution in [-0.2, 0) is 9.47 Å². The summed E-state index contributed by atoms with van der Waals surface area (Å²) in [6, 6.07) is 4.43. The number of benzene rings is 2. The summed E-state index contributed by atoms with van der Waals surface area (Å²) in [7, 11) is 1.46. The van der Waals surface area contributed by atoms with Gasteiger partial charge >= 0.3 is 12.1 Å². The van der Waals surface area contributed by atoms with E-state index in [4.69, 9.17) is 35.3 Å². The molecule has 0 aliphatic carbocycles. The standard InChI is InChI=1S/C43H44F4N6O5/c1-7-27-29(45)10-9-24-16-26(57-22-55-6)17-28(32(24)27)36-34(46)37-33-35(48-36)23(2)15-31-30-11-13-43(47,53(30)40(54)58-41(3,4)5)20-52(31)38(33)50-39(49-37)56-21-42-12-8-14-51(42)19-25(44)18-42/h1,9-10,15-17,25,30-31H,8,11-14,18-22H2,2-6H3/t25-,30+,31-,42+,43-/m1/s1. The lowest BCUT2D eigenvalue weighted by atomic mass is 9.95. The number of piperazine rings is 1. The summed E-state index contributed by atoms with van der Waals surface area (Å²) in [5.41, 5.74) is -0.886. The van der Waals surface area contributed by atoms with Crippen molar-refractivity contribution >= 4 is 39.2 Å². The topological polar surface area (TPSA) is 102 Å². The Hall–Kier alpha value is -5.20. The molecule has 15 heteroatoms. The zero-order valence-electron chi connectivity index (χ0n) is 33.0. The largest absolute Gasteiger partial charge is 0.468 e. The summed E-state index contributed by atoms with van der Waals surface area (Å²) in [4.78, 5) is 33.2. The Morgan fingerprint density at radius 2 is 1.90 bits per heavy atom. The zero-order valence-corrected chi connectivity index (χ0v) is 33.0. The fourth-order valence-corrected chi connectivity index (χ4v) is 9.80. The fraction of sp³-hybridized carbons (Fsp3) is 0.488. The molecule has 5 aliphatic rings. The number of anilines is 1. The molecule has 4 saturated heterocycles. The molecule has 0 unspecified atom stereocenters. The number of methoxy groups -OCH3 is 1. The van der Waals surface area contributed by atoms with Gasteiger partial charge in [-0.2, -0.15) is 9.97 Å². The van der Waals surface area contributed by atoms with Gasteiger partial charge in [-0.05, 0) is 82.7 Å². The molecule has 2 aromatic heterocycles. The van der Waals surface area contributed by atoms with Crippen molar-refractivity contribution in [3.05, 3.63) is 53.2 Å². The van der Waals surface area contributed by atoms with Crippen LogP contribution < -0.4 is 14.4 Å². The Kier molecular flexibility index (Phi) is 9.05. The monoisotopic (exact) mass is 800 g/mol. The summed E-state index contributed by atoms with van der Waals surface area (Å²) in [6.07, 6.45) is 8.22. The number of terminal acetylenes is 1. The molecule has 7 heterocycles. The molecule has 2 aromatic carbocycles. The van der Waals surface area contributed by atoms with E-state index in [2.05, 4.69) is 15.8 Å². The van der Waals surface area contributed by atoms with Crippen molar-refractivity contribution in [3.63, 3.8) is 0 Å². The fourth-order valence-electron chi connectivity index (χ4n) is 9.80. The van der Waals surface area contributed by atoms with Crippen molar-refractivity contribution in [2.24, 2.45) is 0 Å². The molecule has 11 nitrogen and oxygen atoms in total. The van der Waals surface area contributed by atoms with Gasteiger partial charge in [0.2, 0.25) is 5.79 Å². The van der Waals surface area contributed by atoms with Crippen LogP contribution in [-0.4, -0.2) is 106 Å². The number of aromatic nitrogens is 3. The Morgan fingerprint density at radius 1 is 1.09 bits per heavy atom. The van der Waals surface area contributed by atoms with Gasteiger partial charge in [-0.25, -0.2) is 27.3 Å². The predicted octanol–water partition coefficient (Wildman–Crippen LogP) is 7.71. The van der Waals surface area contributed by atoms with Gasteiger partial charge in [-0.15, -0.1) is 6.42 Å². The van der Waals surface area contributed by atoms with Crippen molar-refractivity contribution in [1.82, 2.24) is 24.8 Å². The highest BCUT2D eigenvalue weighted by Gasteiger charge is 2.60. The maximum absolute atomic E-state index is 17.7. The first-order valence-electron chi connectivity index (χ1n) is 19.6. The number of pyridine rings is 1. The number of hydrogen-bond acceptors (Lipinski definition) is 10. The van der Waals surface area contributed by atoms with E-state index in [0.717, 1.165) is 13.0 Å². The molecule has 0 saturated carbocycles. The van der Waals surface area contributed by atoms with E-state index in [1.54, 1.807) is 38.7 Å². The Balaban J connectivity index is 1.26. The normalized spacial score (nSPS) is 26.3. The number of hydrogen-bond donors (Lipinski definition) is 0. The van der Waals surface area contributed by atoms with Gasteiger partial charge in [0.05, 0.1) is 40.8 Å². The minimum absolute atomic E-state index is 0.0537. The average molecular weight is 801 g/mol. The summed E-state index contributed by atoms with van der Waals surface area (Å²) < 4.78 is 88.1. The number of nitrogens with zero attached hydrogens (tertiary/aromatic N) is 6. The van der Waals surface area contributed by atoms with Gasteiger partial charge in [-0.3, -0.25) is 9.80 Å². The van der Waals surface area contributed by atoms with Crippen LogP contribution in [0.4, 0.5) is 28.2 Å². The number of halogens is 4. The second kappa shape index (κ2) is 13.7. The molecule has 4 aromatic rings. The zero-order chi connectivity index (χ0) is 40.9. The maximum atomic E-state index is 17.7. The van der Waals surface area contributed by atoms with Gasteiger partial charge < -0.3 is 23.8 Å². The molecule has 58 heavy (non-hydrogen) atoms. The second-order valence-electron chi connectivity index (χ2n) is 17.1. The SMILES string of the molecule is C#Cc1c(F)ccc2cc(OCOC)cc(-c3nc4c5c(nc(OC[C@@]67CCCN6C[C@H](F)C7)nc5c3F)N3C[C@@]5(F)CC[C@@H]([C@H]3C=C4C)N5C(=O)OC(C)(C)C)c12. The number of amides is 1. The third-order valence-corrected chi connectivity index (χ3v) is 12.2. The first-order valence-corrected chi connectivity index (χ1v) is 19.6. The number of allylic oxidation sites excluding steroid dienone is 1. The van der Waals surface area contributed by atoms with Crippen molar-refractivity contribution < 1.29 is 41.3 Å². The first kappa shape index (κ1) is 38.3. The predicted molar refractivity (Wildman–Crippen MR) is 209 cm³/mol. The number of carbonyl (C=O) groups excluding carboxylic acids is 1. The van der Waals surface area contributed by atoms with Crippen LogP contribution in [0.15, 0.2) is 30.3 Å². The van der Waals surface area contributed by atoms with Crippen LogP contribution >= 0.6 is 0 Å². The van der Waals surface area contributed by atoms with E-state index in [1.165, 1.54) is 30.2 Å². The summed E-state index contributed by atoms with van der Waals surface area (Å²) in [5, 5.41) is 0.913. The van der Waals surface area contributed by atoms with Crippen molar-refractivity contribution in [2.45, 2.75) is 95.0 Å². The first-order chi connectivity index (χ1) is 27.6. The van der Waals surface area contributed by atoms with Gasteiger partial charge in [0.1, 0.15) is 47.0 Å². The van der Waals surface area contributed by atoms with Crippen molar-refractivity contribution in [2.75, 3.05) is 45.0 Å². The molecular weight excluding hydrogens is 757 g/mol. The van der Waals surface area contributed by atoms with Crippen LogP contribution in [0.3, 0.4) is 0 Å². The number of fused-ring (bicyclic) bond motifs is 7. The quantitative estimate of drug-likeness (QED) is 0.0800. The summed E-state index contributed by atoms with van der Waals surface area (Å²) in [6.45, 7) is 7.65. The maximum Gasteiger partial charge on any atom is 0.413 e. The lowest BCUT2D eigenvalue weighted by molar-refractivity contribution is -0.0545. The molecule has 1 amide bonds. The lowest BCUT2D eigenvalue weighted by Gasteiger charge is -2.48. The van der Waals surface area contributed by atoms with E-state index >= 15 is 13.2 Å². The van der Waals surface area contributed by atoms with E-state index < -0.39 is 52.9 Å². The number of ether oxygens (including phenoxy) is 4. The molecule has 5 atom stereocenters. The Morgan fingerprint density at radius 3 is 2.66 bits per heavy atom. The highest BCUT2D eigenvalue weighted by molar-refractivity contribution is 6.06. The molecular formula is C43H44F4N6O5. The number of carbonyl (C=O) groups is 1. The van der Waals surface area contributed by atoms with E-state index in [0.29, 0.717) is 36.0 Å². The molecule has 5 aliphatic heterocycles. The summed E-state index contributed by atoms with van der Waals surface area (Å²) >= 11 is 0. The van der Waals surface area contributed by atoms with Crippen LogP contribution in [0.1, 0.15) is 71.1 Å². The number of rotatable bonds is 7. The van der Waals surface area contributed by atoms with Crippen LogP contribution in [0.5, 0.6) is 11.8 Å². The molecule has 9 rings (SSSR count). The Bertz CT molecular complexity index is 2450. The van der Waals surface area contributed by atoms with Crippen LogP contribution in [0.2, 0.25) is 0 Å². The van der Waals surface area contributed by atoms with E-state index in [9.17, 15) is 9.18 Å². The molecule has 0 spiro atoms. The van der Waals surface area contributed by atoms with E-state index in [-0.39, 0.29) is 83.5 Å². The van der Waals surface area contributed by atoms with Gasteiger partial charge in [0, 0.05) is 37.4 Å². The van der Waals surface area contributed by atoms with Crippen LogP contribution in [0, 0.1) is 24.0 Å². The molecule has 304 valence electrons. The molecule has 2 bridgehead atoms. The highest BCUT2D eigenvalue weighted by atomic mass is 19.2. The lowest BCUT2D eigenvalue weighted by Crippen LogP contribution is -2.66. The minimum Gasteiger partial charge on any atom is -0.468 e. The molecule has 0 radical (unpaired) electrons. The number of alkyl halides is 2. The third kappa shape index (κ3) is 6.09. The van der Waals surface area contributed by atoms with Crippen molar-refractivity contribution in [1.29, 1.82) is 0 Å². The van der Waals surface area contributed by atoms with Crippen LogP contribution in [0.25, 0.3) is 38.5 Å². The van der Waals surface area contributed by atoms with Gasteiger partial charge in [-0.1, -0.05) is 18.1 Å². The average Bonchev–Trinajstić information content (AvgIpc) is 3.77. The second-order valence-corrected chi connectivity index (χ2v) is 17.1. The third-order valence-electron chi connectivity index (χ3n) is 12.2.